The third-order valence-electron chi connectivity index (χ3n) is 3.34. The molecule has 17 heavy (non-hydrogen) atoms. The Hall–Kier alpha value is 0.270. The van der Waals surface area contributed by atoms with Gasteiger partial charge in [0.1, 0.15) is 0 Å². The molecule has 0 saturated heterocycles. The average Bonchev–Trinajstić information content (AvgIpc) is 2.16. The Labute approximate surface area is 109 Å². The Morgan fingerprint density at radius 2 is 1.18 bits per heavy atom. The molecule has 1 unspecified atom stereocenters. The molecule has 5 heteroatoms. The lowest BCUT2D eigenvalue weighted by Gasteiger charge is -2.44. The highest BCUT2D eigenvalue weighted by Gasteiger charge is 2.52. The van der Waals surface area contributed by atoms with E-state index in [9.17, 15) is 0 Å². The van der Waals surface area contributed by atoms with Gasteiger partial charge < -0.3 is 0 Å². The van der Waals surface area contributed by atoms with Crippen LogP contribution in [0.25, 0.3) is 0 Å². The van der Waals surface area contributed by atoms with Crippen molar-refractivity contribution in [3.63, 3.8) is 0 Å². The van der Waals surface area contributed by atoms with Gasteiger partial charge in [0.25, 0.3) is 0 Å². The van der Waals surface area contributed by atoms with Gasteiger partial charge in [-0.15, -0.1) is 18.7 Å². The Morgan fingerprint density at radius 3 is 1.41 bits per heavy atom. The van der Waals surface area contributed by atoms with E-state index in [4.69, 9.17) is 0 Å². The first-order valence-corrected chi connectivity index (χ1v) is 7.95. The first-order valence-electron chi connectivity index (χ1n) is 6.35. The van der Waals surface area contributed by atoms with Crippen LogP contribution in [-0.4, -0.2) is 74.6 Å². The summed E-state index contributed by atoms with van der Waals surface area (Å²) in [6, 6.07) is 0. The van der Waals surface area contributed by atoms with E-state index in [-0.39, 0.29) is 0 Å². The Bertz CT molecular complexity index is 197. The smallest absolute Gasteiger partial charge is 0.139 e. The zero-order chi connectivity index (χ0) is 13.8. The van der Waals surface area contributed by atoms with Gasteiger partial charge in [0.2, 0.25) is 0 Å². The maximum Gasteiger partial charge on any atom is 0.306 e. The SMILES string of the molecule is CCC(C)CN(C)[P+](N(C)C)(N(C)C)N(C)C. The molecule has 0 radical (unpaired) electrons. The van der Waals surface area contributed by atoms with Crippen LogP contribution in [0.3, 0.4) is 0 Å². The molecule has 0 spiro atoms. The van der Waals surface area contributed by atoms with Crippen molar-refractivity contribution < 1.29 is 0 Å². The minimum Gasteiger partial charge on any atom is -0.139 e. The van der Waals surface area contributed by atoms with Crippen molar-refractivity contribution in [2.45, 2.75) is 20.3 Å². The fourth-order valence-electron chi connectivity index (χ4n) is 2.68. The lowest BCUT2D eigenvalue weighted by molar-refractivity contribution is 0.323. The van der Waals surface area contributed by atoms with Gasteiger partial charge in [0, 0.05) is 55.9 Å². The van der Waals surface area contributed by atoms with Gasteiger partial charge in [-0.25, -0.2) is 0 Å². The van der Waals surface area contributed by atoms with Gasteiger partial charge in [0.15, 0.2) is 0 Å². The quantitative estimate of drug-likeness (QED) is 0.654. The summed E-state index contributed by atoms with van der Waals surface area (Å²) < 4.78 is 9.64. The van der Waals surface area contributed by atoms with Crippen molar-refractivity contribution in [2.75, 3.05) is 55.9 Å². The van der Waals surface area contributed by atoms with Crippen LogP contribution in [0.4, 0.5) is 0 Å². The molecular formula is C12H32N4P+. The Morgan fingerprint density at radius 1 is 0.824 bits per heavy atom. The Balaban J connectivity index is 5.15. The van der Waals surface area contributed by atoms with E-state index >= 15 is 0 Å². The second kappa shape index (κ2) is 7.01. The number of rotatable bonds is 7. The van der Waals surface area contributed by atoms with Gasteiger partial charge in [-0.3, -0.25) is 0 Å². The lowest BCUT2D eigenvalue weighted by Crippen LogP contribution is -2.46. The van der Waals surface area contributed by atoms with Crippen molar-refractivity contribution in [1.82, 2.24) is 18.7 Å². The standard InChI is InChI=1S/C12H32N4P/c1-10-12(2)11-16(9)17(13(3)4,14(5)6)15(7)8/h12H,10-11H2,1-9H3/q+1. The van der Waals surface area contributed by atoms with Crippen molar-refractivity contribution >= 4 is 7.87 Å². The highest BCUT2D eigenvalue weighted by molar-refractivity contribution is 7.66. The zero-order valence-electron chi connectivity index (χ0n) is 13.2. The first-order chi connectivity index (χ1) is 7.71. The topological polar surface area (TPSA) is 13.0 Å². The third kappa shape index (κ3) is 3.62. The van der Waals surface area contributed by atoms with E-state index in [1.54, 1.807) is 0 Å². The molecule has 0 saturated carbocycles. The van der Waals surface area contributed by atoms with Crippen molar-refractivity contribution in [1.29, 1.82) is 0 Å². The highest BCUT2D eigenvalue weighted by atomic mass is 31.2. The van der Waals surface area contributed by atoms with Crippen LogP contribution in [-0.2, 0) is 0 Å². The highest BCUT2D eigenvalue weighted by Crippen LogP contribution is 2.65. The van der Waals surface area contributed by atoms with E-state index in [2.05, 4.69) is 81.9 Å². The van der Waals surface area contributed by atoms with E-state index in [1.807, 2.05) is 0 Å². The molecule has 1 atom stereocenters. The monoisotopic (exact) mass is 263 g/mol. The van der Waals surface area contributed by atoms with Crippen LogP contribution in [0.2, 0.25) is 0 Å². The molecule has 0 bridgehead atoms. The summed E-state index contributed by atoms with van der Waals surface area (Å²) in [5.41, 5.74) is 0. The summed E-state index contributed by atoms with van der Waals surface area (Å²) in [6.45, 7) is 5.73. The van der Waals surface area contributed by atoms with Crippen LogP contribution in [0.15, 0.2) is 0 Å². The predicted molar refractivity (Wildman–Crippen MR) is 80.1 cm³/mol. The van der Waals surface area contributed by atoms with Crippen LogP contribution >= 0.6 is 7.87 Å². The second-order valence-electron chi connectivity index (χ2n) is 5.43. The van der Waals surface area contributed by atoms with E-state index in [0.29, 0.717) is 0 Å². The van der Waals surface area contributed by atoms with Gasteiger partial charge in [0.05, 0.1) is 0 Å². The average molecular weight is 263 g/mol. The molecule has 0 heterocycles. The molecule has 104 valence electrons. The van der Waals surface area contributed by atoms with Gasteiger partial charge in [-0.2, -0.15) is 0 Å². The summed E-state index contributed by atoms with van der Waals surface area (Å²) >= 11 is 0. The fraction of sp³-hybridized carbons (Fsp3) is 1.00. The molecule has 0 aromatic carbocycles. The molecule has 0 aromatic heterocycles. The first kappa shape index (κ1) is 17.3. The van der Waals surface area contributed by atoms with E-state index in [1.165, 1.54) is 6.42 Å². The van der Waals surface area contributed by atoms with Crippen molar-refractivity contribution in [3.05, 3.63) is 0 Å². The van der Waals surface area contributed by atoms with Crippen LogP contribution in [0, 0.1) is 5.92 Å². The summed E-state index contributed by atoms with van der Waals surface area (Å²) in [5, 5.41) is 0. The fourth-order valence-corrected chi connectivity index (χ4v) is 7.16. The Kier molecular flexibility index (Phi) is 7.12. The maximum atomic E-state index is 2.53. The minimum atomic E-state index is -1.54. The molecule has 0 N–H and O–H groups in total. The molecule has 0 fully saturated rings. The number of hydrogen-bond donors (Lipinski definition) is 0. The molecule has 0 rings (SSSR count). The summed E-state index contributed by atoms with van der Waals surface area (Å²) in [7, 11) is 13.8. The normalized spacial score (nSPS) is 15.4. The maximum absolute atomic E-state index is 2.53. The van der Waals surface area contributed by atoms with Crippen LogP contribution in [0.1, 0.15) is 20.3 Å². The van der Waals surface area contributed by atoms with E-state index in [0.717, 1.165) is 12.5 Å². The van der Waals surface area contributed by atoms with Gasteiger partial charge in [-0.1, -0.05) is 20.3 Å². The molecule has 0 aromatic rings. The lowest BCUT2D eigenvalue weighted by atomic mass is 10.1. The molecule has 0 aliphatic carbocycles. The molecule has 4 nitrogen and oxygen atoms in total. The number of nitrogens with zero attached hydrogens (tertiary/aromatic N) is 4. The van der Waals surface area contributed by atoms with Crippen molar-refractivity contribution in [2.24, 2.45) is 5.92 Å². The summed E-state index contributed by atoms with van der Waals surface area (Å²) in [4.78, 5) is 0. The van der Waals surface area contributed by atoms with Crippen LogP contribution in [0.5, 0.6) is 0 Å². The largest absolute Gasteiger partial charge is 0.306 e. The molecule has 0 aliphatic rings. The molecular weight excluding hydrogens is 231 g/mol. The minimum absolute atomic E-state index is 0.735. The van der Waals surface area contributed by atoms with Crippen molar-refractivity contribution in [3.8, 4) is 0 Å². The summed E-state index contributed by atoms with van der Waals surface area (Å²) in [5.74, 6) is 0.735. The van der Waals surface area contributed by atoms with E-state index < -0.39 is 7.87 Å². The zero-order valence-corrected chi connectivity index (χ0v) is 14.1. The second-order valence-corrected chi connectivity index (χ2v) is 9.59. The number of hydrogen-bond acceptors (Lipinski definition) is 4. The summed E-state index contributed by atoms with van der Waals surface area (Å²) in [6.07, 6.45) is 1.23. The molecule has 0 amide bonds. The predicted octanol–water partition coefficient (Wildman–Crippen LogP) is 2.33. The molecule has 0 aliphatic heterocycles. The van der Waals surface area contributed by atoms with Crippen LogP contribution < -0.4 is 0 Å². The van der Waals surface area contributed by atoms with Gasteiger partial charge >= 0.3 is 7.87 Å². The third-order valence-corrected chi connectivity index (χ3v) is 7.64. The van der Waals surface area contributed by atoms with Gasteiger partial charge in [-0.05, 0) is 5.92 Å².